The second-order valence-electron chi connectivity index (χ2n) is 15.5. The Hall–Kier alpha value is -5.72. The molecule has 1 unspecified atom stereocenters. The van der Waals surface area contributed by atoms with Crippen molar-refractivity contribution in [3.8, 4) is 11.1 Å². The van der Waals surface area contributed by atoms with E-state index in [9.17, 15) is 24.0 Å². The zero-order chi connectivity index (χ0) is 38.7. The highest BCUT2D eigenvalue weighted by atomic mass is 19.1. The van der Waals surface area contributed by atoms with E-state index >= 15 is 4.39 Å². The molecule has 0 aliphatic carbocycles. The Morgan fingerprint density at radius 1 is 0.909 bits per heavy atom. The Kier molecular flexibility index (Phi) is 9.34. The largest absolute Gasteiger partial charge is 0.370 e. The molecule has 2 aromatic heterocycles. The van der Waals surface area contributed by atoms with Gasteiger partial charge < -0.3 is 19.7 Å². The molecular weight excluding hydrogens is 702 g/mol. The molecule has 55 heavy (non-hydrogen) atoms. The van der Waals surface area contributed by atoms with Gasteiger partial charge in [0.1, 0.15) is 11.7 Å². The molecule has 3 fully saturated rings. The van der Waals surface area contributed by atoms with Gasteiger partial charge in [0.15, 0.2) is 5.82 Å². The van der Waals surface area contributed by atoms with Gasteiger partial charge in [-0.05, 0) is 84.5 Å². The van der Waals surface area contributed by atoms with Crippen molar-refractivity contribution < 1.29 is 23.6 Å². The fourth-order valence-electron chi connectivity index (χ4n) is 8.98. The zero-order valence-electron chi connectivity index (χ0n) is 31.7. The van der Waals surface area contributed by atoms with Crippen LogP contribution < -0.4 is 15.9 Å². The summed E-state index contributed by atoms with van der Waals surface area (Å²) in [5, 5.41) is 3.02. The quantitative estimate of drug-likeness (QED) is 0.223. The smallest absolute Gasteiger partial charge is 0.329 e. The molecule has 0 spiro atoms. The van der Waals surface area contributed by atoms with Crippen LogP contribution in [0.1, 0.15) is 84.9 Å². The number of aryl methyl sites for hydroxylation is 1. The molecule has 0 radical (unpaired) electrons. The average molecular weight is 748 g/mol. The summed E-state index contributed by atoms with van der Waals surface area (Å²) in [6.45, 7) is 4.22. The van der Waals surface area contributed by atoms with E-state index in [1.807, 2.05) is 24.3 Å². The van der Waals surface area contributed by atoms with Crippen LogP contribution in [-0.4, -0.2) is 87.8 Å². The molecule has 3 saturated heterocycles. The fraction of sp³-hybridized carbons (Fsp3) is 0.405. The predicted octanol–water partition coefficient (Wildman–Crippen LogP) is 5.42. The summed E-state index contributed by atoms with van der Waals surface area (Å²) in [7, 11) is 5.07. The molecular formula is C42H46FN7O5. The van der Waals surface area contributed by atoms with Crippen molar-refractivity contribution in [3.05, 3.63) is 87.7 Å². The van der Waals surface area contributed by atoms with Crippen LogP contribution in [0, 0.1) is 5.82 Å². The maximum atomic E-state index is 16.4. The molecule has 2 atom stereocenters. The van der Waals surface area contributed by atoms with Crippen molar-refractivity contribution in [2.24, 2.45) is 7.05 Å². The standard InChI is InChI=1S/C42H46FN7O5/c1-24(51)49-18-6-7-28(23-49)30-21-29(31-22-32(41(54)46(2)3)44-38(31)37(30)43)27-12-10-25(11-13-27)26-16-19-48(20-17-26)33-8-5-9-34-39(33)47(4)42(55)50(34)35-14-15-36(52)45-40(35)53/h5,8-13,21-22,26,28,35,44H,6-7,14-20,23H2,1-4H3,(H,45,52,53)/t28-,35?/m0/s1. The maximum Gasteiger partial charge on any atom is 0.329 e. The molecule has 3 aliphatic rings. The van der Waals surface area contributed by atoms with Crippen molar-refractivity contribution in [2.75, 3.05) is 45.2 Å². The third kappa shape index (κ3) is 6.38. The number of H-pyrrole nitrogens is 1. The highest BCUT2D eigenvalue weighted by Crippen LogP contribution is 2.40. The number of halogens is 1. The molecule has 4 amide bonds. The van der Waals surface area contributed by atoms with E-state index in [0.29, 0.717) is 46.7 Å². The number of imidazole rings is 1. The first-order valence-corrected chi connectivity index (χ1v) is 19.1. The Morgan fingerprint density at radius 3 is 2.35 bits per heavy atom. The van der Waals surface area contributed by atoms with Gasteiger partial charge in [-0.15, -0.1) is 0 Å². The number of amides is 4. The van der Waals surface area contributed by atoms with Crippen LogP contribution in [0.2, 0.25) is 0 Å². The van der Waals surface area contributed by atoms with Crippen LogP contribution >= 0.6 is 0 Å². The molecule has 0 saturated carbocycles. The molecule has 5 heterocycles. The SMILES string of the molecule is CC(=O)N1CCC[C@H](c2cc(-c3ccc(C4CCN(c5cccc6c5n(C)c(=O)n6C5CCC(=O)NC5=O)CC4)cc3)c3cc(C(=O)N(C)C)[nH]c3c2F)C1. The second kappa shape index (κ2) is 14.2. The fourth-order valence-corrected chi connectivity index (χ4v) is 8.98. The third-order valence-corrected chi connectivity index (χ3v) is 12.0. The Bertz CT molecular complexity index is 2420. The minimum Gasteiger partial charge on any atom is -0.370 e. The van der Waals surface area contributed by atoms with Gasteiger partial charge in [0, 0.05) is 72.0 Å². The van der Waals surface area contributed by atoms with Gasteiger partial charge in [-0.2, -0.15) is 0 Å². The first-order valence-electron chi connectivity index (χ1n) is 19.1. The lowest BCUT2D eigenvalue weighted by Gasteiger charge is -2.34. The molecule has 2 N–H and O–H groups in total. The van der Waals surface area contributed by atoms with Gasteiger partial charge in [-0.3, -0.25) is 33.6 Å². The summed E-state index contributed by atoms with van der Waals surface area (Å²) < 4.78 is 19.5. The first-order chi connectivity index (χ1) is 26.4. The lowest BCUT2D eigenvalue weighted by Crippen LogP contribution is -2.44. The predicted molar refractivity (Wildman–Crippen MR) is 209 cm³/mol. The summed E-state index contributed by atoms with van der Waals surface area (Å²) in [6.07, 6.45) is 3.82. The van der Waals surface area contributed by atoms with E-state index in [1.165, 1.54) is 15.0 Å². The monoisotopic (exact) mass is 747 g/mol. The van der Waals surface area contributed by atoms with Crippen molar-refractivity contribution in [2.45, 2.75) is 63.3 Å². The van der Waals surface area contributed by atoms with Crippen molar-refractivity contribution >= 4 is 51.3 Å². The molecule has 8 rings (SSSR count). The van der Waals surface area contributed by atoms with Gasteiger partial charge >= 0.3 is 5.69 Å². The van der Waals surface area contributed by atoms with Gasteiger partial charge in [0.05, 0.1) is 22.2 Å². The third-order valence-electron chi connectivity index (χ3n) is 12.0. The number of piperidine rings is 3. The normalized spacial score (nSPS) is 19.7. The second-order valence-corrected chi connectivity index (χ2v) is 15.5. The lowest BCUT2D eigenvalue weighted by atomic mass is 9.85. The number of para-hydroxylation sites is 1. The van der Waals surface area contributed by atoms with E-state index in [2.05, 4.69) is 39.5 Å². The van der Waals surface area contributed by atoms with Crippen LogP contribution in [0.4, 0.5) is 10.1 Å². The van der Waals surface area contributed by atoms with Crippen LogP contribution in [0.5, 0.6) is 0 Å². The van der Waals surface area contributed by atoms with Crippen molar-refractivity contribution in [1.29, 1.82) is 0 Å². The minimum atomic E-state index is -0.736. The van der Waals surface area contributed by atoms with Gasteiger partial charge in [0.2, 0.25) is 17.7 Å². The summed E-state index contributed by atoms with van der Waals surface area (Å²) in [5.74, 6) is -1.25. The molecule has 3 aromatic carbocycles. The average Bonchev–Trinajstić information content (AvgIpc) is 3.74. The zero-order valence-corrected chi connectivity index (χ0v) is 31.7. The number of aromatic nitrogens is 3. The molecule has 0 bridgehead atoms. The number of nitrogens with one attached hydrogen (secondary N) is 2. The van der Waals surface area contributed by atoms with Crippen LogP contribution in [0.15, 0.2) is 59.4 Å². The highest BCUT2D eigenvalue weighted by molar-refractivity contribution is 6.04. The van der Waals surface area contributed by atoms with E-state index in [1.54, 1.807) is 43.6 Å². The van der Waals surface area contributed by atoms with Gasteiger partial charge in [0.25, 0.3) is 5.91 Å². The van der Waals surface area contributed by atoms with Crippen molar-refractivity contribution in [1.82, 2.24) is 29.2 Å². The Labute approximate surface area is 317 Å². The number of hydrogen-bond acceptors (Lipinski definition) is 6. The number of rotatable bonds is 6. The molecule has 5 aromatic rings. The summed E-state index contributed by atoms with van der Waals surface area (Å²) >= 11 is 0. The number of benzene rings is 3. The topological polar surface area (TPSA) is 133 Å². The lowest BCUT2D eigenvalue weighted by molar-refractivity contribution is -0.135. The Balaban J connectivity index is 1.06. The number of aromatic amines is 1. The van der Waals surface area contributed by atoms with Crippen LogP contribution in [0.25, 0.3) is 33.1 Å². The highest BCUT2D eigenvalue weighted by Gasteiger charge is 2.33. The maximum absolute atomic E-state index is 16.4. The van der Waals surface area contributed by atoms with E-state index in [4.69, 9.17) is 0 Å². The van der Waals surface area contributed by atoms with Crippen LogP contribution in [-0.2, 0) is 21.4 Å². The molecule has 12 nitrogen and oxygen atoms in total. The molecule has 286 valence electrons. The molecule has 3 aliphatic heterocycles. The van der Waals surface area contributed by atoms with Gasteiger partial charge in [-0.25, -0.2) is 9.18 Å². The van der Waals surface area contributed by atoms with E-state index in [-0.39, 0.29) is 48.0 Å². The number of carbonyl (C=O) groups is 4. The van der Waals surface area contributed by atoms with Crippen molar-refractivity contribution in [3.63, 3.8) is 0 Å². The van der Waals surface area contributed by atoms with E-state index in [0.717, 1.165) is 61.1 Å². The summed E-state index contributed by atoms with van der Waals surface area (Å²) in [4.78, 5) is 71.9. The number of hydrogen-bond donors (Lipinski definition) is 2. The Morgan fingerprint density at radius 2 is 1.65 bits per heavy atom. The number of anilines is 1. The van der Waals surface area contributed by atoms with Gasteiger partial charge in [-0.1, -0.05) is 30.3 Å². The summed E-state index contributed by atoms with van der Waals surface area (Å²) in [6, 6.07) is 17.2. The molecule has 13 heteroatoms. The minimum absolute atomic E-state index is 0.0156. The summed E-state index contributed by atoms with van der Waals surface area (Å²) in [5.41, 5.74) is 6.24. The number of carbonyl (C=O) groups excluding carboxylic acids is 4. The number of fused-ring (bicyclic) bond motifs is 2. The number of imide groups is 1. The van der Waals surface area contributed by atoms with Crippen LogP contribution in [0.3, 0.4) is 0 Å². The first kappa shape index (κ1) is 36.3. The van der Waals surface area contributed by atoms with E-state index < -0.39 is 11.9 Å². The number of nitrogens with zero attached hydrogens (tertiary/aromatic N) is 5. The number of likely N-dealkylation sites (tertiary alicyclic amines) is 1.